The maximum Gasteiger partial charge on any atom is 0.324 e. The van der Waals surface area contributed by atoms with Crippen molar-refractivity contribution in [3.05, 3.63) is 53.1 Å². The van der Waals surface area contributed by atoms with E-state index >= 15 is 0 Å². The maximum atomic E-state index is 13.0. The van der Waals surface area contributed by atoms with Gasteiger partial charge in [-0.3, -0.25) is 9.10 Å². The number of hydrogen-bond donors (Lipinski definition) is 1. The first-order chi connectivity index (χ1) is 11.3. The Bertz CT molecular complexity index is 849. The number of benzene rings is 2. The van der Waals surface area contributed by atoms with Crippen LogP contribution in [0.5, 0.6) is 5.75 Å². The van der Waals surface area contributed by atoms with E-state index in [9.17, 15) is 13.2 Å². The molecular formula is C16H16ClNO5S. The summed E-state index contributed by atoms with van der Waals surface area (Å²) in [5, 5.41) is 9.54. The van der Waals surface area contributed by atoms with Crippen LogP contribution < -0.4 is 9.04 Å². The van der Waals surface area contributed by atoms with Crippen molar-refractivity contribution in [2.75, 3.05) is 18.0 Å². The fraction of sp³-hybridized carbons (Fsp3) is 0.188. The van der Waals surface area contributed by atoms with Crippen molar-refractivity contribution in [3.63, 3.8) is 0 Å². The van der Waals surface area contributed by atoms with Crippen molar-refractivity contribution in [1.82, 2.24) is 0 Å². The number of sulfonamides is 1. The fourth-order valence-corrected chi connectivity index (χ4v) is 3.93. The molecule has 0 aliphatic rings. The Morgan fingerprint density at radius 3 is 2.38 bits per heavy atom. The first-order valence-electron chi connectivity index (χ1n) is 6.90. The molecule has 0 heterocycles. The zero-order valence-electron chi connectivity index (χ0n) is 13.1. The number of carboxylic acids is 1. The molecule has 2 rings (SSSR count). The zero-order chi connectivity index (χ0) is 17.9. The molecule has 6 nitrogen and oxygen atoms in total. The minimum atomic E-state index is -4.14. The summed E-state index contributed by atoms with van der Waals surface area (Å²) in [5.74, 6) is -1.13. The van der Waals surface area contributed by atoms with Gasteiger partial charge in [0.25, 0.3) is 10.0 Å². The highest BCUT2D eigenvalue weighted by atomic mass is 35.5. The van der Waals surface area contributed by atoms with Crippen molar-refractivity contribution in [2.24, 2.45) is 0 Å². The van der Waals surface area contributed by atoms with E-state index in [1.54, 1.807) is 13.0 Å². The SMILES string of the molecule is COc1ccc(C)cc1S(=O)(=O)N(CC(=O)O)c1ccc(Cl)cc1. The van der Waals surface area contributed by atoms with Gasteiger partial charge >= 0.3 is 5.97 Å². The molecule has 0 unspecified atom stereocenters. The van der Waals surface area contributed by atoms with Crippen LogP contribution in [0.15, 0.2) is 47.4 Å². The summed E-state index contributed by atoms with van der Waals surface area (Å²) in [6.07, 6.45) is 0. The van der Waals surface area contributed by atoms with Crippen LogP contribution in [0.25, 0.3) is 0 Å². The van der Waals surface area contributed by atoms with Crippen LogP contribution in [0.4, 0.5) is 5.69 Å². The molecule has 0 saturated carbocycles. The Hall–Kier alpha value is -2.25. The van der Waals surface area contributed by atoms with Crippen molar-refractivity contribution in [2.45, 2.75) is 11.8 Å². The van der Waals surface area contributed by atoms with Gasteiger partial charge in [0.2, 0.25) is 0 Å². The average molecular weight is 370 g/mol. The summed E-state index contributed by atoms with van der Waals surface area (Å²) >= 11 is 5.82. The third kappa shape index (κ3) is 3.80. The Labute approximate surface area is 145 Å². The second-order valence-electron chi connectivity index (χ2n) is 5.04. The Morgan fingerprint density at radius 2 is 1.83 bits per heavy atom. The Kier molecular flexibility index (Phi) is 5.36. The van der Waals surface area contributed by atoms with Crippen LogP contribution in [-0.4, -0.2) is 33.1 Å². The Morgan fingerprint density at radius 1 is 1.21 bits per heavy atom. The normalized spacial score (nSPS) is 11.1. The Balaban J connectivity index is 2.62. The zero-order valence-corrected chi connectivity index (χ0v) is 14.6. The maximum absolute atomic E-state index is 13.0. The highest BCUT2D eigenvalue weighted by Gasteiger charge is 2.30. The molecule has 2 aromatic carbocycles. The number of carboxylic acid groups (broad SMARTS) is 1. The third-order valence-electron chi connectivity index (χ3n) is 3.28. The molecule has 0 fully saturated rings. The van der Waals surface area contributed by atoms with E-state index in [0.717, 1.165) is 4.31 Å². The first kappa shape index (κ1) is 18.1. The molecule has 0 spiro atoms. The van der Waals surface area contributed by atoms with Gasteiger partial charge < -0.3 is 9.84 Å². The topological polar surface area (TPSA) is 83.9 Å². The van der Waals surface area contributed by atoms with E-state index in [0.29, 0.717) is 10.6 Å². The van der Waals surface area contributed by atoms with E-state index in [1.807, 2.05) is 0 Å². The van der Waals surface area contributed by atoms with Gasteiger partial charge in [-0.15, -0.1) is 0 Å². The minimum absolute atomic E-state index is 0.0961. The van der Waals surface area contributed by atoms with Gasteiger partial charge in [0.05, 0.1) is 12.8 Å². The van der Waals surface area contributed by atoms with Gasteiger partial charge in [-0.05, 0) is 48.9 Å². The standard InChI is InChI=1S/C16H16ClNO5S/c1-11-3-8-14(23-2)15(9-11)24(21,22)18(10-16(19)20)13-6-4-12(17)5-7-13/h3-9H,10H2,1-2H3,(H,19,20). The summed E-state index contributed by atoms with van der Waals surface area (Å²) in [6.45, 7) is 1.02. The van der Waals surface area contributed by atoms with E-state index in [4.69, 9.17) is 21.4 Å². The molecule has 8 heteroatoms. The lowest BCUT2D eigenvalue weighted by Crippen LogP contribution is -2.36. The quantitative estimate of drug-likeness (QED) is 0.846. The third-order valence-corrected chi connectivity index (χ3v) is 5.33. The largest absolute Gasteiger partial charge is 0.495 e. The number of carbonyl (C=O) groups is 1. The van der Waals surface area contributed by atoms with Crippen LogP contribution in [0, 0.1) is 6.92 Å². The number of rotatable bonds is 6. The lowest BCUT2D eigenvalue weighted by atomic mass is 10.2. The molecule has 0 amide bonds. The predicted octanol–water partition coefficient (Wildman–Crippen LogP) is 2.94. The van der Waals surface area contributed by atoms with Gasteiger partial charge in [-0.25, -0.2) is 8.42 Å². The average Bonchev–Trinajstić information content (AvgIpc) is 2.53. The molecule has 128 valence electrons. The number of anilines is 1. The number of aryl methyl sites for hydroxylation is 1. The van der Waals surface area contributed by atoms with E-state index < -0.39 is 22.5 Å². The number of ether oxygens (including phenoxy) is 1. The summed E-state index contributed by atoms with van der Waals surface area (Å²) in [4.78, 5) is 11.1. The fourth-order valence-electron chi connectivity index (χ4n) is 2.15. The molecule has 0 saturated heterocycles. The highest BCUT2D eigenvalue weighted by molar-refractivity contribution is 7.93. The number of hydrogen-bond acceptors (Lipinski definition) is 4. The summed E-state index contributed by atoms with van der Waals surface area (Å²) < 4.78 is 32.0. The number of nitrogens with zero attached hydrogens (tertiary/aromatic N) is 1. The van der Waals surface area contributed by atoms with Crippen molar-refractivity contribution in [1.29, 1.82) is 0 Å². The molecule has 0 bridgehead atoms. The van der Waals surface area contributed by atoms with Crippen LogP contribution in [0.2, 0.25) is 5.02 Å². The van der Waals surface area contributed by atoms with Crippen LogP contribution >= 0.6 is 11.6 Å². The van der Waals surface area contributed by atoms with E-state index in [-0.39, 0.29) is 16.3 Å². The van der Waals surface area contributed by atoms with Gasteiger partial charge in [0.15, 0.2) is 0 Å². The second kappa shape index (κ2) is 7.11. The van der Waals surface area contributed by atoms with Crippen molar-refractivity contribution >= 4 is 33.3 Å². The molecule has 24 heavy (non-hydrogen) atoms. The minimum Gasteiger partial charge on any atom is -0.495 e. The molecule has 0 aromatic heterocycles. The van der Waals surface area contributed by atoms with Crippen LogP contribution in [-0.2, 0) is 14.8 Å². The van der Waals surface area contributed by atoms with Crippen LogP contribution in [0.1, 0.15) is 5.56 Å². The summed E-state index contributed by atoms with van der Waals surface area (Å²) in [5.41, 5.74) is 0.908. The molecule has 2 aromatic rings. The highest BCUT2D eigenvalue weighted by Crippen LogP contribution is 2.31. The van der Waals surface area contributed by atoms with Crippen molar-refractivity contribution < 1.29 is 23.1 Å². The van der Waals surface area contributed by atoms with E-state index in [1.165, 1.54) is 43.5 Å². The lowest BCUT2D eigenvalue weighted by Gasteiger charge is -2.24. The van der Waals surface area contributed by atoms with Gasteiger partial charge in [-0.2, -0.15) is 0 Å². The summed E-state index contributed by atoms with van der Waals surface area (Å²) in [6, 6.07) is 10.6. The second-order valence-corrected chi connectivity index (χ2v) is 7.30. The molecule has 0 radical (unpaired) electrons. The number of aliphatic carboxylic acids is 1. The summed E-state index contributed by atoms with van der Waals surface area (Å²) in [7, 11) is -2.79. The van der Waals surface area contributed by atoms with Crippen molar-refractivity contribution in [3.8, 4) is 5.75 Å². The predicted molar refractivity (Wildman–Crippen MR) is 91.4 cm³/mol. The molecule has 0 atom stereocenters. The number of halogens is 1. The molecule has 1 N–H and O–H groups in total. The molecular weight excluding hydrogens is 354 g/mol. The van der Waals surface area contributed by atoms with E-state index in [2.05, 4.69) is 0 Å². The monoisotopic (exact) mass is 369 g/mol. The van der Waals surface area contributed by atoms with Crippen LogP contribution in [0.3, 0.4) is 0 Å². The molecule has 0 aliphatic heterocycles. The van der Waals surface area contributed by atoms with Gasteiger partial charge in [0.1, 0.15) is 17.2 Å². The first-order valence-corrected chi connectivity index (χ1v) is 8.72. The lowest BCUT2D eigenvalue weighted by molar-refractivity contribution is -0.135. The smallest absolute Gasteiger partial charge is 0.324 e. The van der Waals surface area contributed by atoms with Gasteiger partial charge in [0, 0.05) is 5.02 Å². The number of methoxy groups -OCH3 is 1. The molecule has 0 aliphatic carbocycles. The van der Waals surface area contributed by atoms with Gasteiger partial charge in [-0.1, -0.05) is 17.7 Å².